The zero-order valence-corrected chi connectivity index (χ0v) is 11.4. The van der Waals surface area contributed by atoms with Crippen LogP contribution in [-0.2, 0) is 4.74 Å². The van der Waals surface area contributed by atoms with Crippen molar-refractivity contribution in [3.8, 4) is 6.07 Å². The van der Waals surface area contributed by atoms with E-state index in [9.17, 15) is 5.11 Å². The first-order valence-corrected chi connectivity index (χ1v) is 6.64. The summed E-state index contributed by atoms with van der Waals surface area (Å²) in [5, 5.41) is 19.0. The fraction of sp³-hybridized carbons (Fsp3) is 0.533. The van der Waals surface area contributed by atoms with Gasteiger partial charge in [-0.1, -0.05) is 12.1 Å². The van der Waals surface area contributed by atoms with Crippen molar-refractivity contribution in [1.29, 1.82) is 5.26 Å². The van der Waals surface area contributed by atoms with Crippen molar-refractivity contribution in [3.05, 3.63) is 35.4 Å². The van der Waals surface area contributed by atoms with Crippen LogP contribution in [0.4, 0.5) is 0 Å². The molecule has 3 atom stereocenters. The summed E-state index contributed by atoms with van der Waals surface area (Å²) in [5.41, 5.74) is 1.47. The van der Waals surface area contributed by atoms with Gasteiger partial charge in [-0.3, -0.25) is 4.90 Å². The first kappa shape index (κ1) is 14.0. The molecular formula is C15H20N2O2. The van der Waals surface area contributed by atoms with E-state index in [4.69, 9.17) is 10.00 Å². The molecule has 1 aliphatic heterocycles. The van der Waals surface area contributed by atoms with Crippen LogP contribution in [0.3, 0.4) is 0 Å². The normalized spacial score (nSPS) is 25.8. The van der Waals surface area contributed by atoms with Gasteiger partial charge in [0.2, 0.25) is 0 Å². The van der Waals surface area contributed by atoms with Crippen molar-refractivity contribution in [2.45, 2.75) is 32.1 Å². The van der Waals surface area contributed by atoms with Crippen molar-refractivity contribution < 1.29 is 9.84 Å². The molecule has 0 aromatic heterocycles. The SMILES string of the molecule is CC1CN(CC(O)c2ccc(C#N)cc2)C(C)CO1. The number of nitriles is 1. The molecule has 1 fully saturated rings. The van der Waals surface area contributed by atoms with Crippen molar-refractivity contribution in [3.63, 3.8) is 0 Å². The number of ether oxygens (including phenoxy) is 1. The van der Waals surface area contributed by atoms with Gasteiger partial charge in [-0.05, 0) is 31.5 Å². The lowest BCUT2D eigenvalue weighted by Gasteiger charge is -2.37. The first-order valence-electron chi connectivity index (χ1n) is 6.64. The van der Waals surface area contributed by atoms with E-state index in [-0.39, 0.29) is 6.10 Å². The molecule has 102 valence electrons. The van der Waals surface area contributed by atoms with Crippen molar-refractivity contribution in [1.82, 2.24) is 4.90 Å². The van der Waals surface area contributed by atoms with Crippen LogP contribution in [0.2, 0.25) is 0 Å². The highest BCUT2D eigenvalue weighted by Gasteiger charge is 2.25. The highest BCUT2D eigenvalue weighted by molar-refractivity contribution is 5.32. The Kier molecular flexibility index (Phi) is 4.54. The van der Waals surface area contributed by atoms with Crippen LogP contribution in [0.25, 0.3) is 0 Å². The molecule has 1 saturated heterocycles. The predicted molar refractivity (Wildman–Crippen MR) is 72.6 cm³/mol. The first-order chi connectivity index (χ1) is 9.10. The number of morpholine rings is 1. The Morgan fingerprint density at radius 3 is 2.74 bits per heavy atom. The quantitative estimate of drug-likeness (QED) is 0.898. The summed E-state index contributed by atoms with van der Waals surface area (Å²) in [7, 11) is 0. The fourth-order valence-electron chi connectivity index (χ4n) is 2.33. The van der Waals surface area contributed by atoms with Crippen LogP contribution in [0, 0.1) is 11.3 Å². The molecule has 3 unspecified atom stereocenters. The minimum atomic E-state index is -0.527. The average molecular weight is 260 g/mol. The monoisotopic (exact) mass is 260 g/mol. The Morgan fingerprint density at radius 1 is 1.42 bits per heavy atom. The standard InChI is InChI=1S/C15H20N2O2/c1-11-10-19-12(2)8-17(11)9-15(18)14-5-3-13(7-16)4-6-14/h3-6,11-12,15,18H,8-10H2,1-2H3. The molecule has 0 saturated carbocycles. The second-order valence-corrected chi connectivity index (χ2v) is 5.20. The van der Waals surface area contributed by atoms with E-state index in [0.717, 1.165) is 12.1 Å². The fourth-order valence-corrected chi connectivity index (χ4v) is 2.33. The molecule has 4 nitrogen and oxygen atoms in total. The zero-order valence-electron chi connectivity index (χ0n) is 11.4. The number of β-amino-alcohol motifs (C(OH)–C–C–N with tert-alkyl or cyclic N) is 1. The van der Waals surface area contributed by atoms with Gasteiger partial charge in [0.15, 0.2) is 0 Å². The highest BCUT2D eigenvalue weighted by Crippen LogP contribution is 2.19. The van der Waals surface area contributed by atoms with Crippen LogP contribution in [-0.4, -0.2) is 41.8 Å². The van der Waals surface area contributed by atoms with Gasteiger partial charge < -0.3 is 9.84 Å². The molecule has 1 aromatic carbocycles. The summed E-state index contributed by atoms with van der Waals surface area (Å²) in [4.78, 5) is 2.25. The van der Waals surface area contributed by atoms with Gasteiger partial charge in [0, 0.05) is 19.1 Å². The average Bonchev–Trinajstić information content (AvgIpc) is 2.43. The highest BCUT2D eigenvalue weighted by atomic mass is 16.5. The van der Waals surface area contributed by atoms with Gasteiger partial charge in [0.25, 0.3) is 0 Å². The number of benzene rings is 1. The number of aliphatic hydroxyl groups is 1. The number of hydrogen-bond donors (Lipinski definition) is 1. The molecular weight excluding hydrogens is 240 g/mol. The number of hydrogen-bond acceptors (Lipinski definition) is 4. The van der Waals surface area contributed by atoms with E-state index in [0.29, 0.717) is 24.8 Å². The van der Waals surface area contributed by atoms with Crippen LogP contribution in [0.5, 0.6) is 0 Å². The molecule has 0 spiro atoms. The van der Waals surface area contributed by atoms with Gasteiger partial charge in [0.05, 0.1) is 30.4 Å². The smallest absolute Gasteiger partial charge is 0.0991 e. The van der Waals surface area contributed by atoms with Crippen LogP contribution in [0.1, 0.15) is 31.1 Å². The molecule has 1 aliphatic rings. The lowest BCUT2D eigenvalue weighted by molar-refractivity contribution is -0.0619. The van der Waals surface area contributed by atoms with Crippen molar-refractivity contribution >= 4 is 0 Å². The Morgan fingerprint density at radius 2 is 2.11 bits per heavy atom. The summed E-state index contributed by atoms with van der Waals surface area (Å²) in [5.74, 6) is 0. The van der Waals surface area contributed by atoms with E-state index in [2.05, 4.69) is 17.9 Å². The molecule has 0 aliphatic carbocycles. The summed E-state index contributed by atoms with van der Waals surface area (Å²) in [6, 6.07) is 9.52. The number of aliphatic hydroxyl groups excluding tert-OH is 1. The third-order valence-electron chi connectivity index (χ3n) is 3.57. The van der Waals surface area contributed by atoms with Crippen LogP contribution < -0.4 is 0 Å². The largest absolute Gasteiger partial charge is 0.387 e. The molecule has 4 heteroatoms. The summed E-state index contributed by atoms with van der Waals surface area (Å²) < 4.78 is 5.58. The Bertz CT molecular complexity index is 452. The molecule has 0 bridgehead atoms. The molecule has 1 aromatic rings. The van der Waals surface area contributed by atoms with E-state index in [1.54, 1.807) is 12.1 Å². The van der Waals surface area contributed by atoms with Gasteiger partial charge in [-0.25, -0.2) is 0 Å². The Hall–Kier alpha value is -1.41. The molecule has 0 amide bonds. The second-order valence-electron chi connectivity index (χ2n) is 5.20. The Labute approximate surface area is 114 Å². The predicted octanol–water partition coefficient (Wildman–Crippen LogP) is 1.70. The van der Waals surface area contributed by atoms with Gasteiger partial charge >= 0.3 is 0 Å². The maximum absolute atomic E-state index is 10.3. The van der Waals surface area contributed by atoms with Crippen molar-refractivity contribution in [2.24, 2.45) is 0 Å². The van der Waals surface area contributed by atoms with Crippen LogP contribution >= 0.6 is 0 Å². The third kappa shape index (κ3) is 3.54. The van der Waals surface area contributed by atoms with E-state index < -0.39 is 6.10 Å². The molecule has 0 radical (unpaired) electrons. The summed E-state index contributed by atoms with van der Waals surface area (Å²) in [6.07, 6.45) is -0.315. The van der Waals surface area contributed by atoms with E-state index in [1.807, 2.05) is 19.1 Å². The lowest BCUT2D eigenvalue weighted by Crippen LogP contribution is -2.48. The van der Waals surface area contributed by atoms with E-state index in [1.165, 1.54) is 0 Å². The topological polar surface area (TPSA) is 56.5 Å². The van der Waals surface area contributed by atoms with Crippen LogP contribution in [0.15, 0.2) is 24.3 Å². The number of nitrogens with zero attached hydrogens (tertiary/aromatic N) is 2. The maximum atomic E-state index is 10.3. The maximum Gasteiger partial charge on any atom is 0.0991 e. The molecule has 1 N–H and O–H groups in total. The minimum Gasteiger partial charge on any atom is -0.387 e. The molecule has 1 heterocycles. The van der Waals surface area contributed by atoms with Gasteiger partial charge in [0.1, 0.15) is 0 Å². The van der Waals surface area contributed by atoms with Crippen molar-refractivity contribution in [2.75, 3.05) is 19.7 Å². The summed E-state index contributed by atoms with van der Waals surface area (Å²) in [6.45, 7) is 6.31. The zero-order chi connectivity index (χ0) is 13.8. The summed E-state index contributed by atoms with van der Waals surface area (Å²) >= 11 is 0. The second kappa shape index (κ2) is 6.16. The molecule has 19 heavy (non-hydrogen) atoms. The number of rotatable bonds is 3. The third-order valence-corrected chi connectivity index (χ3v) is 3.57. The Balaban J connectivity index is 1.99. The van der Waals surface area contributed by atoms with Gasteiger partial charge in [-0.15, -0.1) is 0 Å². The van der Waals surface area contributed by atoms with E-state index >= 15 is 0 Å². The van der Waals surface area contributed by atoms with Gasteiger partial charge in [-0.2, -0.15) is 5.26 Å². The molecule has 2 rings (SSSR count). The minimum absolute atomic E-state index is 0.212. The lowest BCUT2D eigenvalue weighted by atomic mass is 10.1.